The van der Waals surface area contributed by atoms with Gasteiger partial charge in [0.15, 0.2) is 5.76 Å². The molecular weight excluding hydrogens is 424 g/mol. The molecule has 1 aliphatic rings. The lowest BCUT2D eigenvalue weighted by Crippen LogP contribution is -2.39. The van der Waals surface area contributed by atoms with Crippen LogP contribution in [0.1, 0.15) is 52.4 Å². The summed E-state index contributed by atoms with van der Waals surface area (Å²) in [5.41, 5.74) is 2.22. The molecule has 3 heterocycles. The number of likely N-dealkylation sites (tertiary alicyclic amines) is 1. The first-order valence-electron chi connectivity index (χ1n) is 11.0. The van der Waals surface area contributed by atoms with Crippen molar-refractivity contribution in [2.75, 3.05) is 25.0 Å². The Morgan fingerprint density at radius 2 is 1.94 bits per heavy atom. The molecule has 1 N–H and O–H groups in total. The highest BCUT2D eigenvalue weighted by Crippen LogP contribution is 2.40. The van der Waals surface area contributed by atoms with E-state index in [4.69, 9.17) is 9.15 Å². The number of nitrogens with zero attached hydrogens (tertiary/aromatic N) is 1. The zero-order valence-electron chi connectivity index (χ0n) is 18.4. The van der Waals surface area contributed by atoms with Crippen molar-refractivity contribution in [1.82, 2.24) is 4.90 Å². The molecule has 1 aliphatic heterocycles. The van der Waals surface area contributed by atoms with E-state index in [1.54, 1.807) is 23.5 Å². The molecule has 2 aromatic heterocycles. The molecule has 4 rings (SSSR count). The van der Waals surface area contributed by atoms with Gasteiger partial charge in [0.05, 0.1) is 24.8 Å². The van der Waals surface area contributed by atoms with Crippen LogP contribution in [0, 0.1) is 12.8 Å². The average Bonchev–Trinajstić information content (AvgIpc) is 3.46. The van der Waals surface area contributed by atoms with Crippen molar-refractivity contribution in [3.8, 4) is 0 Å². The maximum absolute atomic E-state index is 12.7. The molecule has 168 valence electrons. The summed E-state index contributed by atoms with van der Waals surface area (Å²) in [5, 5.41) is 3.88. The number of esters is 1. The maximum Gasteiger partial charge on any atom is 0.309 e. The lowest BCUT2D eigenvalue weighted by molar-refractivity contribution is -0.149. The maximum atomic E-state index is 12.7. The lowest BCUT2D eigenvalue weighted by atomic mass is 9.92. The number of ether oxygens (including phenoxy) is 1. The molecule has 1 aromatic carbocycles. The fraction of sp³-hybridized carbons (Fsp3) is 0.360. The van der Waals surface area contributed by atoms with E-state index in [-0.39, 0.29) is 29.6 Å². The van der Waals surface area contributed by atoms with Gasteiger partial charge < -0.3 is 14.5 Å². The minimum absolute atomic E-state index is 0.0174. The third kappa shape index (κ3) is 4.95. The summed E-state index contributed by atoms with van der Waals surface area (Å²) in [6.07, 6.45) is 3.02. The number of piperidine rings is 1. The highest BCUT2D eigenvalue weighted by molar-refractivity contribution is 7.16. The van der Waals surface area contributed by atoms with E-state index in [1.165, 1.54) is 6.26 Å². The minimum Gasteiger partial charge on any atom is -0.466 e. The molecule has 0 unspecified atom stereocenters. The van der Waals surface area contributed by atoms with Crippen LogP contribution in [0.25, 0.3) is 0 Å². The quantitative estimate of drug-likeness (QED) is 0.495. The number of carbonyl (C=O) groups is 2. The van der Waals surface area contributed by atoms with Gasteiger partial charge in [0.1, 0.15) is 5.00 Å². The van der Waals surface area contributed by atoms with Gasteiger partial charge >= 0.3 is 5.97 Å². The van der Waals surface area contributed by atoms with Gasteiger partial charge in [-0.25, -0.2) is 0 Å². The molecule has 1 atom stereocenters. The fourth-order valence-electron chi connectivity index (χ4n) is 4.28. The number of aryl methyl sites for hydroxylation is 1. The van der Waals surface area contributed by atoms with Crippen molar-refractivity contribution >= 4 is 28.2 Å². The topological polar surface area (TPSA) is 71.8 Å². The summed E-state index contributed by atoms with van der Waals surface area (Å²) in [4.78, 5) is 28.4. The predicted molar refractivity (Wildman–Crippen MR) is 125 cm³/mol. The van der Waals surface area contributed by atoms with Crippen LogP contribution in [0.2, 0.25) is 0 Å². The van der Waals surface area contributed by atoms with E-state index in [1.807, 2.05) is 32.0 Å². The zero-order chi connectivity index (χ0) is 22.5. The number of thiophene rings is 1. The van der Waals surface area contributed by atoms with E-state index in [0.717, 1.165) is 46.9 Å². The lowest BCUT2D eigenvalue weighted by Gasteiger charge is -2.37. The second-order valence-electron chi connectivity index (χ2n) is 7.95. The normalized spacial score (nSPS) is 15.9. The molecule has 1 fully saturated rings. The number of anilines is 1. The zero-order valence-corrected chi connectivity index (χ0v) is 19.2. The predicted octanol–water partition coefficient (Wildman–Crippen LogP) is 5.27. The van der Waals surface area contributed by atoms with Gasteiger partial charge in [-0.05, 0) is 63.5 Å². The molecule has 0 saturated carbocycles. The Morgan fingerprint density at radius 1 is 1.19 bits per heavy atom. The first kappa shape index (κ1) is 22.3. The molecule has 0 spiro atoms. The van der Waals surface area contributed by atoms with Gasteiger partial charge in [-0.15, -0.1) is 11.3 Å². The third-order valence-corrected chi connectivity index (χ3v) is 6.76. The summed E-state index contributed by atoms with van der Waals surface area (Å²) < 4.78 is 10.5. The largest absolute Gasteiger partial charge is 0.466 e. The number of furan rings is 1. The van der Waals surface area contributed by atoms with Crippen LogP contribution < -0.4 is 5.32 Å². The Balaban J connectivity index is 1.61. The number of rotatable bonds is 7. The van der Waals surface area contributed by atoms with Crippen molar-refractivity contribution in [3.63, 3.8) is 0 Å². The molecule has 7 heteroatoms. The summed E-state index contributed by atoms with van der Waals surface area (Å²) in [6, 6.07) is 15.8. The fourth-order valence-corrected chi connectivity index (χ4v) is 5.22. The van der Waals surface area contributed by atoms with Gasteiger partial charge in [-0.2, -0.15) is 0 Å². The summed E-state index contributed by atoms with van der Waals surface area (Å²) in [7, 11) is 0. The van der Waals surface area contributed by atoms with Crippen molar-refractivity contribution < 1.29 is 18.7 Å². The number of hydrogen-bond donors (Lipinski definition) is 1. The Labute approximate surface area is 192 Å². The van der Waals surface area contributed by atoms with Gasteiger partial charge in [0.2, 0.25) is 0 Å². The molecule has 0 bridgehead atoms. The molecular formula is C25H28N2O4S. The Hall–Kier alpha value is -2.90. The van der Waals surface area contributed by atoms with Gasteiger partial charge in [0, 0.05) is 10.4 Å². The molecule has 32 heavy (non-hydrogen) atoms. The number of nitrogens with one attached hydrogen (secondary N) is 1. The summed E-state index contributed by atoms with van der Waals surface area (Å²) >= 11 is 1.56. The van der Waals surface area contributed by atoms with Crippen LogP contribution in [-0.4, -0.2) is 36.5 Å². The van der Waals surface area contributed by atoms with E-state index >= 15 is 0 Å². The number of benzene rings is 1. The van der Waals surface area contributed by atoms with E-state index in [9.17, 15) is 9.59 Å². The van der Waals surface area contributed by atoms with Gasteiger partial charge in [-0.3, -0.25) is 14.5 Å². The van der Waals surface area contributed by atoms with E-state index in [0.29, 0.717) is 6.61 Å². The molecule has 0 aliphatic carbocycles. The smallest absolute Gasteiger partial charge is 0.309 e. The van der Waals surface area contributed by atoms with Crippen molar-refractivity contribution in [2.24, 2.45) is 5.92 Å². The molecule has 3 aromatic rings. The highest BCUT2D eigenvalue weighted by Gasteiger charge is 2.33. The van der Waals surface area contributed by atoms with E-state index < -0.39 is 0 Å². The third-order valence-electron chi connectivity index (χ3n) is 5.78. The minimum atomic E-state index is -0.258. The number of hydrogen-bond acceptors (Lipinski definition) is 6. The van der Waals surface area contributed by atoms with Crippen LogP contribution in [0.3, 0.4) is 0 Å². The Morgan fingerprint density at radius 3 is 2.59 bits per heavy atom. The number of amides is 1. The second-order valence-corrected chi connectivity index (χ2v) is 9.20. The van der Waals surface area contributed by atoms with Crippen LogP contribution in [0.15, 0.2) is 59.2 Å². The van der Waals surface area contributed by atoms with Crippen LogP contribution in [0.5, 0.6) is 0 Å². The van der Waals surface area contributed by atoms with Crippen LogP contribution in [-0.2, 0) is 9.53 Å². The van der Waals surface area contributed by atoms with Crippen molar-refractivity contribution in [1.29, 1.82) is 0 Å². The highest BCUT2D eigenvalue weighted by atomic mass is 32.1. The van der Waals surface area contributed by atoms with Crippen LogP contribution in [0.4, 0.5) is 5.00 Å². The van der Waals surface area contributed by atoms with Crippen LogP contribution >= 0.6 is 11.3 Å². The first-order chi connectivity index (χ1) is 15.6. The first-order valence-corrected chi connectivity index (χ1v) is 11.8. The number of carbonyl (C=O) groups excluding carboxylic acids is 2. The van der Waals surface area contributed by atoms with Crippen molar-refractivity contribution in [3.05, 3.63) is 76.6 Å². The monoisotopic (exact) mass is 452 g/mol. The van der Waals surface area contributed by atoms with Gasteiger partial charge in [-0.1, -0.05) is 30.3 Å². The summed E-state index contributed by atoms with van der Waals surface area (Å²) in [6.45, 7) is 5.87. The van der Waals surface area contributed by atoms with Gasteiger partial charge in [0.25, 0.3) is 5.91 Å². The Kier molecular flexibility index (Phi) is 7.07. The standard InChI is InChI=1S/C25H28N2O4S/c1-3-30-25(29)19-11-13-27(14-12-19)22(18-8-5-4-6-9-18)20-16-17(2)32-24(20)26-23(28)21-10-7-15-31-21/h4-10,15-16,19,22H,3,11-14H2,1-2H3,(H,26,28)/t22-/m0/s1. The SMILES string of the molecule is CCOC(=O)C1CCN([C@@H](c2ccccc2)c2cc(C)sc2NC(=O)c2ccco2)CC1. The summed E-state index contributed by atoms with van der Waals surface area (Å²) in [5.74, 6) is -0.120. The second kappa shape index (κ2) is 10.1. The Bertz CT molecular complexity index is 1040. The van der Waals surface area contributed by atoms with Crippen molar-refractivity contribution in [2.45, 2.75) is 32.7 Å². The molecule has 1 amide bonds. The molecule has 1 saturated heterocycles. The molecule has 0 radical (unpaired) electrons. The average molecular weight is 453 g/mol. The molecule has 6 nitrogen and oxygen atoms in total. The van der Waals surface area contributed by atoms with E-state index in [2.05, 4.69) is 28.4 Å².